The third-order valence-corrected chi connectivity index (χ3v) is 12.0. The molecule has 0 N–H and O–H groups in total. The van der Waals surface area contributed by atoms with Crippen molar-refractivity contribution in [3.8, 4) is 33.4 Å². The van der Waals surface area contributed by atoms with E-state index in [0.717, 1.165) is 33.2 Å². The van der Waals surface area contributed by atoms with Crippen molar-refractivity contribution >= 4 is 21.9 Å². The van der Waals surface area contributed by atoms with Crippen molar-refractivity contribution in [1.82, 2.24) is 0 Å². The van der Waals surface area contributed by atoms with Crippen LogP contribution in [0.5, 0.6) is 0 Å². The molecule has 0 saturated heterocycles. The van der Waals surface area contributed by atoms with Crippen molar-refractivity contribution in [2.45, 2.75) is 66.4 Å². The molecule has 56 heavy (non-hydrogen) atoms. The fourth-order valence-electron chi connectivity index (χ4n) is 7.96. The molecule has 1 aliphatic carbocycles. The first-order valence-electron chi connectivity index (χ1n) is 20.0. The van der Waals surface area contributed by atoms with E-state index in [-0.39, 0.29) is 11.0 Å². The van der Waals surface area contributed by atoms with Gasteiger partial charge in [0.05, 0.1) is 11.0 Å². The molecular formula is C54H54O2. The van der Waals surface area contributed by atoms with Gasteiger partial charge in [-0.3, -0.25) is 0 Å². The molecule has 0 bridgehead atoms. The topological polar surface area (TPSA) is 22.4 Å². The van der Waals surface area contributed by atoms with Gasteiger partial charge in [-0.2, -0.15) is 0 Å². The minimum Gasteiger partial charge on any atom is -0.455 e. The van der Waals surface area contributed by atoms with Gasteiger partial charge in [-0.25, -0.2) is 0 Å². The van der Waals surface area contributed by atoms with Crippen LogP contribution in [0.25, 0.3) is 55.3 Å². The number of methoxy groups -OCH3 is 1. The zero-order chi connectivity index (χ0) is 39.7. The normalized spacial score (nSPS) is 12.9. The first-order valence-corrected chi connectivity index (χ1v) is 20.0. The van der Waals surface area contributed by atoms with Gasteiger partial charge in [-0.15, -0.1) is 0 Å². The van der Waals surface area contributed by atoms with Crippen LogP contribution in [0, 0.1) is 12.3 Å². The standard InChI is InChI=1S/C44H30O.C8H18O.C2H6/c1-29-11-9-17-38-39-18-10-16-35(43(39)45-42(29)38)32-23-27-34(28-24-32)44(33-25-21-31(22-26-33)30-12-3-2-4-13-30)40-19-7-5-14-36(40)37-15-6-8-20-41(37)44;1-7(2,3)8(4,5)9-6;1-2/h2-28H,1H3;1-6H3;1-2H3. The lowest BCUT2D eigenvalue weighted by Gasteiger charge is -2.37. The second kappa shape index (κ2) is 15.4. The number of furan rings is 1. The first-order chi connectivity index (χ1) is 27.0. The zero-order valence-corrected chi connectivity index (χ0v) is 34.4. The van der Waals surface area contributed by atoms with Crippen molar-refractivity contribution in [2.75, 3.05) is 7.11 Å². The highest BCUT2D eigenvalue weighted by Crippen LogP contribution is 2.56. The molecule has 2 nitrogen and oxygen atoms in total. The molecule has 1 aliphatic rings. The molecule has 1 aromatic heterocycles. The van der Waals surface area contributed by atoms with E-state index in [0.29, 0.717) is 0 Å². The lowest BCUT2D eigenvalue weighted by atomic mass is 9.67. The fraction of sp³-hybridized carbons (Fsp3) is 0.222. The molecule has 0 aliphatic heterocycles. The highest BCUT2D eigenvalue weighted by Gasteiger charge is 2.45. The predicted molar refractivity (Wildman–Crippen MR) is 239 cm³/mol. The van der Waals surface area contributed by atoms with Crippen LogP contribution < -0.4 is 0 Å². The Morgan fingerprint density at radius 1 is 0.446 bits per heavy atom. The van der Waals surface area contributed by atoms with Gasteiger partial charge in [0, 0.05) is 23.4 Å². The summed E-state index contributed by atoms with van der Waals surface area (Å²) in [7, 11) is 1.76. The Morgan fingerprint density at radius 2 is 0.893 bits per heavy atom. The molecule has 0 fully saturated rings. The molecule has 7 aromatic carbocycles. The van der Waals surface area contributed by atoms with Gasteiger partial charge < -0.3 is 9.15 Å². The average Bonchev–Trinajstić information content (AvgIpc) is 3.77. The molecule has 9 rings (SSSR count). The van der Waals surface area contributed by atoms with Gasteiger partial charge in [0.25, 0.3) is 0 Å². The maximum absolute atomic E-state index is 6.53. The quantitative estimate of drug-likeness (QED) is 0.176. The third kappa shape index (κ3) is 6.56. The van der Waals surface area contributed by atoms with E-state index in [1.807, 2.05) is 13.8 Å². The summed E-state index contributed by atoms with van der Waals surface area (Å²) in [5, 5.41) is 2.32. The summed E-state index contributed by atoms with van der Waals surface area (Å²) in [5.74, 6) is 0. The Hall–Kier alpha value is -5.70. The number of benzene rings is 7. The summed E-state index contributed by atoms with van der Waals surface area (Å²) in [6.07, 6.45) is 0. The number of para-hydroxylation sites is 2. The lowest BCUT2D eigenvalue weighted by molar-refractivity contribution is -0.0620. The van der Waals surface area contributed by atoms with Crippen LogP contribution in [0.4, 0.5) is 0 Å². The van der Waals surface area contributed by atoms with Gasteiger partial charge >= 0.3 is 0 Å². The van der Waals surface area contributed by atoms with E-state index in [9.17, 15) is 0 Å². The monoisotopic (exact) mass is 734 g/mol. The molecule has 1 heterocycles. The molecular weight excluding hydrogens is 681 g/mol. The van der Waals surface area contributed by atoms with E-state index in [1.165, 1.54) is 49.9 Å². The summed E-state index contributed by atoms with van der Waals surface area (Å²) < 4.78 is 11.8. The Labute approximate surface area is 333 Å². The van der Waals surface area contributed by atoms with Gasteiger partial charge in [-0.1, -0.05) is 198 Å². The fourth-order valence-corrected chi connectivity index (χ4v) is 7.96. The number of hydrogen-bond donors (Lipinski definition) is 0. The smallest absolute Gasteiger partial charge is 0.143 e. The van der Waals surface area contributed by atoms with Crippen molar-refractivity contribution in [2.24, 2.45) is 5.41 Å². The molecule has 0 atom stereocenters. The van der Waals surface area contributed by atoms with Crippen LogP contribution in [0.1, 0.15) is 76.3 Å². The summed E-state index contributed by atoms with van der Waals surface area (Å²) in [5.41, 5.74) is 15.3. The van der Waals surface area contributed by atoms with Crippen molar-refractivity contribution in [3.63, 3.8) is 0 Å². The number of fused-ring (bicyclic) bond motifs is 6. The molecule has 0 saturated carbocycles. The van der Waals surface area contributed by atoms with E-state index in [1.54, 1.807) is 7.11 Å². The van der Waals surface area contributed by atoms with E-state index in [4.69, 9.17) is 9.15 Å². The van der Waals surface area contributed by atoms with Gasteiger partial charge in [0.1, 0.15) is 11.2 Å². The molecule has 0 spiro atoms. The van der Waals surface area contributed by atoms with Crippen molar-refractivity contribution < 1.29 is 9.15 Å². The Bertz CT molecular complexity index is 2530. The Balaban J connectivity index is 0.000000388. The van der Waals surface area contributed by atoms with Crippen LogP contribution in [0.2, 0.25) is 0 Å². The van der Waals surface area contributed by atoms with E-state index < -0.39 is 5.41 Å². The Morgan fingerprint density at radius 3 is 1.41 bits per heavy atom. The minimum absolute atomic E-state index is 0.0208. The third-order valence-electron chi connectivity index (χ3n) is 12.0. The van der Waals surface area contributed by atoms with Crippen molar-refractivity contribution in [1.29, 1.82) is 0 Å². The predicted octanol–water partition coefficient (Wildman–Crippen LogP) is 15.1. The maximum Gasteiger partial charge on any atom is 0.143 e. The number of hydrogen-bond acceptors (Lipinski definition) is 2. The number of ether oxygens (including phenoxy) is 1. The molecule has 0 unspecified atom stereocenters. The summed E-state index contributed by atoms with van der Waals surface area (Å²) in [6, 6.07) is 59.7. The highest BCUT2D eigenvalue weighted by atomic mass is 16.5. The van der Waals surface area contributed by atoms with Crippen LogP contribution in [0.3, 0.4) is 0 Å². The molecule has 0 amide bonds. The molecule has 2 heteroatoms. The van der Waals surface area contributed by atoms with Gasteiger partial charge in [0.15, 0.2) is 0 Å². The maximum atomic E-state index is 6.53. The van der Waals surface area contributed by atoms with Gasteiger partial charge in [0.2, 0.25) is 0 Å². The zero-order valence-electron chi connectivity index (χ0n) is 34.4. The van der Waals surface area contributed by atoms with Crippen LogP contribution in [-0.4, -0.2) is 12.7 Å². The van der Waals surface area contributed by atoms with Crippen LogP contribution in [0.15, 0.2) is 168 Å². The van der Waals surface area contributed by atoms with Crippen LogP contribution >= 0.6 is 0 Å². The second-order valence-electron chi connectivity index (χ2n) is 16.1. The van der Waals surface area contributed by atoms with Crippen LogP contribution in [-0.2, 0) is 10.2 Å². The minimum atomic E-state index is -0.441. The van der Waals surface area contributed by atoms with E-state index in [2.05, 4.69) is 205 Å². The number of aryl methyl sites for hydroxylation is 1. The molecule has 8 aromatic rings. The average molecular weight is 735 g/mol. The first kappa shape index (κ1) is 38.6. The Kier molecular flexibility index (Phi) is 10.6. The second-order valence-corrected chi connectivity index (χ2v) is 16.1. The highest BCUT2D eigenvalue weighted by molar-refractivity contribution is 6.10. The van der Waals surface area contributed by atoms with Gasteiger partial charge in [-0.05, 0) is 81.8 Å². The SMILES string of the molecule is CC.COC(C)(C)C(C)(C)C.Cc1cccc2c1oc1c(-c3ccc(C4(c5ccc(-c6ccccc6)cc5)c5ccccc5-c5ccccc54)cc3)cccc12. The summed E-state index contributed by atoms with van der Waals surface area (Å²) in [4.78, 5) is 0. The summed E-state index contributed by atoms with van der Waals surface area (Å²) in [6.45, 7) is 16.9. The number of rotatable bonds is 5. The lowest BCUT2D eigenvalue weighted by Crippen LogP contribution is -2.38. The molecule has 0 radical (unpaired) electrons. The van der Waals surface area contributed by atoms with Crippen molar-refractivity contribution in [3.05, 3.63) is 192 Å². The summed E-state index contributed by atoms with van der Waals surface area (Å²) >= 11 is 0. The largest absolute Gasteiger partial charge is 0.455 e. The molecule has 282 valence electrons. The van der Waals surface area contributed by atoms with E-state index >= 15 is 0 Å².